The van der Waals surface area contributed by atoms with E-state index in [-0.39, 0.29) is 0 Å². The first-order valence-corrected chi connectivity index (χ1v) is 60.0. The van der Waals surface area contributed by atoms with Crippen molar-refractivity contribution < 1.29 is 66.4 Å². The van der Waals surface area contributed by atoms with Crippen LogP contribution in [-0.2, 0) is 0 Å². The Labute approximate surface area is 894 Å². The number of ether oxygens (including phenoxy) is 12. The van der Waals surface area contributed by atoms with Crippen LogP contribution >= 0.6 is 0 Å². The van der Waals surface area contributed by atoms with Gasteiger partial charge in [-0.1, -0.05) is 402 Å². The molecule has 0 amide bonds. The number of fused-ring (bicyclic) bond motifs is 12. The summed E-state index contributed by atoms with van der Waals surface area (Å²) in [6, 6.07) is 40.0. The summed E-state index contributed by atoms with van der Waals surface area (Å²) in [6.45, 7) is 28.1. The molecule has 0 heterocycles. The largest absolute Gasteiger partial charge is 0.490 e. The highest BCUT2D eigenvalue weighted by Gasteiger charge is 2.27. The first-order chi connectivity index (χ1) is 73.0. The molecule has 10 aromatic carbocycles. The summed E-state index contributed by atoms with van der Waals surface area (Å²) in [4.78, 5) is 29.9. The SMILES string of the molecule is CCCCCCCCOc1cc2c3cc(OCCCCCCCC)c(OCCCCCCCC)cc3c3cc(OC(=O)c4ccc(C#CC#Cc5ccc(C(=O)Oc6cc7c8cc(OCCCCCCCC)c(OCCCCCCCC)cc8c8cc(OCCCCCCCC)c(OCCCCCCCC)cc8c7cc6OCCCCCCCC)cc5)cc4)c(OCCCCCCCC)cc3c2cc1OCCCCCCCC. The molecule has 0 saturated heterocycles. The predicted octanol–water partition coefficient (Wildman–Crippen LogP) is 39.8. The molecule has 0 bridgehead atoms. The van der Waals surface area contributed by atoms with E-state index in [1.165, 1.54) is 244 Å². The van der Waals surface area contributed by atoms with E-state index in [0.717, 1.165) is 240 Å². The normalized spacial score (nSPS) is 11.4. The number of hydrogen-bond acceptors (Lipinski definition) is 14. The van der Waals surface area contributed by atoms with Crippen LogP contribution in [0, 0.1) is 23.7 Å². The molecule has 0 N–H and O–H groups in total. The molecule has 810 valence electrons. The van der Waals surface area contributed by atoms with Crippen molar-refractivity contribution in [3.8, 4) is 92.7 Å². The summed E-state index contributed by atoms with van der Waals surface area (Å²) >= 11 is 0. The lowest BCUT2D eigenvalue weighted by Gasteiger charge is -2.20. The molecule has 0 spiro atoms. The van der Waals surface area contributed by atoms with Gasteiger partial charge in [0.25, 0.3) is 0 Å². The number of carbonyl (C=O) groups is 2. The standard InChI is InChI=1S/C134H190O14/c1-11-21-31-41-51-63-83-137-121-93-109-111-95-123(139-85-65-53-43-33-23-13-3)127(143-89-69-57-47-37-27-17-7)99-115(111)119-103-131(129(145-91-71-59-49-39-29-19-9)101-117(119)113(109)97-125(121)141-87-67-55-45-35-25-15-5)147-133(135)107-79-75-105(76-80-107)73-61-62-74-106-77-81-108(82-78-106)134(136)148-132-104-120-116-100-128(144-90-70-58-48-38-28-18-8)124(140-86-66-54-44-34-24-14-4)96-112(116)110-94-122(138-84-64-52-42-32-22-12-2)126(142-88-68-56-46-36-26-16-6)98-114(110)118(120)102-130(132)146-92-72-60-50-40-30-20-10/h75-82,93-104H,11-60,63-72,83-92H2,1-10H3. The third kappa shape index (κ3) is 41.9. The topological polar surface area (TPSA) is 145 Å². The molecule has 0 atom stereocenters. The molecule has 0 aromatic heterocycles. The molecule has 0 unspecified atom stereocenters. The maximum Gasteiger partial charge on any atom is 0.343 e. The maximum atomic E-state index is 15.0. The van der Waals surface area contributed by atoms with E-state index in [2.05, 4.69) is 154 Å². The molecule has 0 saturated carbocycles. The molecule has 0 fully saturated rings. The quantitative estimate of drug-likeness (QED) is 0.0117. The molecule has 14 heteroatoms. The lowest BCUT2D eigenvalue weighted by atomic mass is 9.93. The fraction of sp³-hybridized carbons (Fsp3) is 0.597. The fourth-order valence-electron chi connectivity index (χ4n) is 19.9. The Morgan fingerprint density at radius 2 is 0.284 bits per heavy atom. The lowest BCUT2D eigenvalue weighted by molar-refractivity contribution is 0.0719. The number of carbonyl (C=O) groups excluding carboxylic acids is 2. The molecular formula is C134H190O14. The Kier molecular flexibility index (Phi) is 59.1. The van der Waals surface area contributed by atoms with Gasteiger partial charge in [0.05, 0.1) is 77.2 Å². The highest BCUT2D eigenvalue weighted by atomic mass is 16.6. The zero-order valence-electron chi connectivity index (χ0n) is 93.8. The third-order valence-corrected chi connectivity index (χ3v) is 28.9. The molecule has 10 aromatic rings. The van der Waals surface area contributed by atoms with Gasteiger partial charge in [0.2, 0.25) is 0 Å². The summed E-state index contributed by atoms with van der Waals surface area (Å²) in [5.74, 6) is 18.8. The van der Waals surface area contributed by atoms with Crippen LogP contribution in [0.4, 0.5) is 0 Å². The molecule has 148 heavy (non-hydrogen) atoms. The van der Waals surface area contributed by atoms with Crippen LogP contribution in [-0.4, -0.2) is 78.0 Å². The van der Waals surface area contributed by atoms with Crippen LogP contribution in [0.5, 0.6) is 69.0 Å². The summed E-state index contributed by atoms with van der Waals surface area (Å²) in [6.07, 6.45) is 68.4. The van der Waals surface area contributed by atoms with Crippen molar-refractivity contribution in [2.45, 2.75) is 454 Å². The smallest absolute Gasteiger partial charge is 0.343 e. The first-order valence-electron chi connectivity index (χ1n) is 60.0. The number of unbranched alkanes of at least 4 members (excludes halogenated alkanes) is 50. The molecule has 0 aliphatic heterocycles. The van der Waals surface area contributed by atoms with E-state index in [1.807, 2.05) is 36.4 Å². The monoisotopic (exact) mass is 2020 g/mol. The van der Waals surface area contributed by atoms with Gasteiger partial charge >= 0.3 is 11.9 Å². The Morgan fingerprint density at radius 1 is 0.162 bits per heavy atom. The van der Waals surface area contributed by atoms with Crippen LogP contribution in [0.3, 0.4) is 0 Å². The third-order valence-electron chi connectivity index (χ3n) is 28.9. The maximum absolute atomic E-state index is 15.0. The second-order valence-corrected chi connectivity index (χ2v) is 41.7. The van der Waals surface area contributed by atoms with Crippen molar-refractivity contribution in [3.05, 3.63) is 144 Å². The number of rotatable bonds is 84. The van der Waals surface area contributed by atoms with E-state index < -0.39 is 11.9 Å². The number of hydrogen-bond donors (Lipinski definition) is 0. The van der Waals surface area contributed by atoms with Gasteiger partial charge < -0.3 is 56.8 Å². The van der Waals surface area contributed by atoms with Crippen LogP contribution < -0.4 is 56.8 Å². The minimum Gasteiger partial charge on any atom is -0.490 e. The molecular weight excluding hydrogens is 1830 g/mol. The predicted molar refractivity (Wildman–Crippen MR) is 623 cm³/mol. The highest BCUT2D eigenvalue weighted by molar-refractivity contribution is 6.28. The van der Waals surface area contributed by atoms with Crippen molar-refractivity contribution >= 4 is 76.6 Å². The Morgan fingerprint density at radius 3 is 0.426 bits per heavy atom. The van der Waals surface area contributed by atoms with E-state index in [9.17, 15) is 9.59 Å². The van der Waals surface area contributed by atoms with Crippen LogP contribution in [0.1, 0.15) is 486 Å². The van der Waals surface area contributed by atoms with Gasteiger partial charge in [-0.25, -0.2) is 9.59 Å². The first kappa shape index (κ1) is 120. The van der Waals surface area contributed by atoms with Crippen molar-refractivity contribution in [2.75, 3.05) is 66.1 Å². The van der Waals surface area contributed by atoms with E-state index in [0.29, 0.717) is 123 Å². The summed E-state index contributed by atoms with van der Waals surface area (Å²) in [7, 11) is 0. The van der Waals surface area contributed by atoms with E-state index in [1.54, 1.807) is 24.3 Å². The summed E-state index contributed by atoms with van der Waals surface area (Å²) in [5, 5.41) is 11.4. The van der Waals surface area contributed by atoms with Crippen LogP contribution in [0.2, 0.25) is 0 Å². The average Bonchev–Trinajstić information content (AvgIpc) is 0.727. The zero-order valence-corrected chi connectivity index (χ0v) is 93.8. The Balaban J connectivity index is 0.978. The molecule has 10 rings (SSSR count). The summed E-state index contributed by atoms with van der Waals surface area (Å²) in [5.41, 5.74) is 2.04. The van der Waals surface area contributed by atoms with Crippen molar-refractivity contribution in [3.63, 3.8) is 0 Å². The highest BCUT2D eigenvalue weighted by Crippen LogP contribution is 2.51. The van der Waals surface area contributed by atoms with Gasteiger partial charge in [-0.15, -0.1) is 0 Å². The fourth-order valence-corrected chi connectivity index (χ4v) is 19.9. The van der Waals surface area contributed by atoms with Crippen molar-refractivity contribution in [2.24, 2.45) is 0 Å². The molecule has 14 nitrogen and oxygen atoms in total. The Bertz CT molecular complexity index is 5120. The van der Waals surface area contributed by atoms with Gasteiger partial charge in [-0.3, -0.25) is 0 Å². The lowest BCUT2D eigenvalue weighted by Crippen LogP contribution is -2.10. The molecule has 0 aliphatic carbocycles. The van der Waals surface area contributed by atoms with Gasteiger partial charge in [-0.2, -0.15) is 0 Å². The second-order valence-electron chi connectivity index (χ2n) is 41.7. The zero-order chi connectivity index (χ0) is 104. The van der Waals surface area contributed by atoms with Crippen molar-refractivity contribution in [1.82, 2.24) is 0 Å². The average molecular weight is 2020 g/mol. The number of benzene rings is 10. The van der Waals surface area contributed by atoms with Gasteiger partial charge in [0.1, 0.15) is 0 Å². The molecule has 0 radical (unpaired) electrons. The minimum atomic E-state index is -0.531. The van der Waals surface area contributed by atoms with E-state index >= 15 is 0 Å². The van der Waals surface area contributed by atoms with E-state index in [4.69, 9.17) is 56.8 Å². The summed E-state index contributed by atoms with van der Waals surface area (Å²) < 4.78 is 82.3. The molecule has 0 aliphatic rings. The van der Waals surface area contributed by atoms with Crippen LogP contribution in [0.15, 0.2) is 121 Å². The Hall–Kier alpha value is -10.2. The van der Waals surface area contributed by atoms with Crippen molar-refractivity contribution in [1.29, 1.82) is 0 Å². The van der Waals surface area contributed by atoms with Gasteiger partial charge in [-0.05, 0) is 262 Å². The minimum absolute atomic E-state index is 0.324. The number of esters is 2. The van der Waals surface area contributed by atoms with Gasteiger partial charge in [0, 0.05) is 11.1 Å². The van der Waals surface area contributed by atoms with Gasteiger partial charge in [0.15, 0.2) is 69.0 Å². The second kappa shape index (κ2) is 73.1. The van der Waals surface area contributed by atoms with Crippen LogP contribution in [0.25, 0.3) is 64.6 Å².